The predicted molar refractivity (Wildman–Crippen MR) is 132 cm³/mol. The third kappa shape index (κ3) is 3.67. The number of anilines is 3. The van der Waals surface area contributed by atoms with Crippen molar-refractivity contribution in [1.29, 1.82) is 0 Å². The monoisotopic (exact) mass is 454 g/mol. The van der Waals surface area contributed by atoms with Crippen molar-refractivity contribution >= 4 is 33.6 Å². The van der Waals surface area contributed by atoms with Crippen LogP contribution < -0.4 is 15.8 Å². The van der Waals surface area contributed by atoms with Crippen LogP contribution in [-0.2, 0) is 0 Å². The van der Waals surface area contributed by atoms with Gasteiger partial charge < -0.3 is 19.6 Å². The number of halogens is 1. The van der Waals surface area contributed by atoms with Crippen LogP contribution in [0.3, 0.4) is 0 Å². The first kappa shape index (κ1) is 20.4. The van der Waals surface area contributed by atoms with Crippen LogP contribution in [-0.4, -0.2) is 32.4 Å². The summed E-state index contributed by atoms with van der Waals surface area (Å²) in [5, 5.41) is 4.36. The number of hydrogen-bond donors (Lipinski definition) is 2. The molecule has 0 unspecified atom stereocenters. The minimum absolute atomic E-state index is 0.255. The van der Waals surface area contributed by atoms with E-state index in [-0.39, 0.29) is 11.4 Å². The minimum Gasteiger partial charge on any atom is -0.369 e. The molecule has 0 radical (unpaired) electrons. The van der Waals surface area contributed by atoms with Crippen molar-refractivity contribution in [2.75, 3.05) is 23.3 Å². The van der Waals surface area contributed by atoms with Crippen molar-refractivity contribution in [3.8, 4) is 11.3 Å². The highest BCUT2D eigenvalue weighted by atomic mass is 19.1. The topological polar surface area (TPSA) is 78.3 Å². The van der Waals surface area contributed by atoms with Gasteiger partial charge in [0, 0.05) is 49.1 Å². The molecule has 0 amide bonds. The van der Waals surface area contributed by atoms with Crippen LogP contribution in [0.1, 0.15) is 19.3 Å². The van der Waals surface area contributed by atoms with Gasteiger partial charge in [-0.2, -0.15) is 0 Å². The number of hydrogen-bond acceptors (Lipinski definition) is 5. The molecule has 0 bridgehead atoms. The maximum absolute atomic E-state index is 15.0. The number of fused-ring (bicyclic) bond motifs is 2. The second kappa shape index (κ2) is 8.30. The Morgan fingerprint density at radius 1 is 1.03 bits per heavy atom. The molecular weight excluding hydrogens is 431 g/mol. The van der Waals surface area contributed by atoms with Crippen LogP contribution in [0.4, 0.5) is 21.6 Å². The van der Waals surface area contributed by atoms with E-state index < -0.39 is 0 Å². The Morgan fingerprint density at radius 3 is 2.76 bits per heavy atom. The number of benzene rings is 1. The van der Waals surface area contributed by atoms with Crippen molar-refractivity contribution in [1.82, 2.24) is 19.4 Å². The zero-order valence-electron chi connectivity index (χ0n) is 18.5. The van der Waals surface area contributed by atoms with Crippen molar-refractivity contribution in [2.45, 2.75) is 19.3 Å². The van der Waals surface area contributed by atoms with E-state index in [2.05, 4.69) is 20.2 Å². The number of nitrogens with one attached hydrogen (secondary N) is 2. The lowest BCUT2D eigenvalue weighted by Gasteiger charge is -2.29. The number of aromatic amines is 1. The van der Waals surface area contributed by atoms with Crippen LogP contribution >= 0.6 is 0 Å². The van der Waals surface area contributed by atoms with Gasteiger partial charge in [-0.05, 0) is 67.1 Å². The van der Waals surface area contributed by atoms with Crippen molar-refractivity contribution < 1.29 is 4.39 Å². The van der Waals surface area contributed by atoms with Gasteiger partial charge in [-0.15, -0.1) is 0 Å². The van der Waals surface area contributed by atoms with Gasteiger partial charge >= 0.3 is 0 Å². The van der Waals surface area contributed by atoms with E-state index in [0.717, 1.165) is 42.5 Å². The summed E-state index contributed by atoms with van der Waals surface area (Å²) in [7, 11) is 0. The maximum atomic E-state index is 15.0. The average Bonchev–Trinajstić information content (AvgIpc) is 3.33. The summed E-state index contributed by atoms with van der Waals surface area (Å²) in [5.41, 5.74) is 3.31. The number of nitrogens with zero attached hydrogens (tertiary/aromatic N) is 4. The lowest BCUT2D eigenvalue weighted by Crippen LogP contribution is -2.30. The molecule has 1 aliphatic heterocycles. The summed E-state index contributed by atoms with van der Waals surface area (Å²) in [4.78, 5) is 26.5. The summed E-state index contributed by atoms with van der Waals surface area (Å²) in [6.45, 7) is 1.74. The molecule has 0 atom stereocenters. The van der Waals surface area contributed by atoms with Gasteiger partial charge in [-0.3, -0.25) is 4.79 Å². The first-order valence-corrected chi connectivity index (χ1v) is 11.4. The normalized spacial score (nSPS) is 14.1. The Bertz CT molecular complexity index is 1570. The SMILES string of the molecule is O=c1[nH]ccc2cc(-c3ccc4nccn4c3)nc(Nc3ccc(N4CCCCC4)c(F)c3)c12. The molecule has 1 fully saturated rings. The predicted octanol–water partition coefficient (Wildman–Crippen LogP) is 5.11. The van der Waals surface area contributed by atoms with Crippen LogP contribution in [0, 0.1) is 5.82 Å². The fraction of sp³-hybridized carbons (Fsp3) is 0.192. The molecule has 1 aliphatic rings. The first-order chi connectivity index (χ1) is 16.7. The highest BCUT2D eigenvalue weighted by Crippen LogP contribution is 2.30. The molecule has 5 heterocycles. The van der Waals surface area contributed by atoms with E-state index in [1.54, 1.807) is 18.5 Å². The maximum Gasteiger partial charge on any atom is 0.259 e. The second-order valence-electron chi connectivity index (χ2n) is 8.58. The van der Waals surface area contributed by atoms with Crippen molar-refractivity contribution in [3.05, 3.63) is 83.4 Å². The lowest BCUT2D eigenvalue weighted by atomic mass is 10.1. The zero-order valence-corrected chi connectivity index (χ0v) is 18.5. The van der Waals surface area contributed by atoms with E-state index >= 15 is 4.39 Å². The molecule has 5 aromatic rings. The molecule has 0 saturated carbocycles. The third-order valence-electron chi connectivity index (χ3n) is 6.35. The third-order valence-corrected chi connectivity index (χ3v) is 6.35. The van der Waals surface area contributed by atoms with E-state index in [9.17, 15) is 4.79 Å². The number of pyridine rings is 3. The highest BCUT2D eigenvalue weighted by molar-refractivity contribution is 5.95. The Labute approximate surface area is 194 Å². The molecular formula is C26H23FN6O. The minimum atomic E-state index is -0.285. The Balaban J connectivity index is 1.42. The molecule has 170 valence electrons. The highest BCUT2D eigenvalue weighted by Gasteiger charge is 2.16. The Hall–Kier alpha value is -4.20. The zero-order chi connectivity index (χ0) is 23.1. The molecule has 6 rings (SSSR count). The van der Waals surface area contributed by atoms with Crippen LogP contribution in [0.5, 0.6) is 0 Å². The van der Waals surface area contributed by atoms with Crippen molar-refractivity contribution in [2.24, 2.45) is 0 Å². The summed E-state index contributed by atoms with van der Waals surface area (Å²) in [6, 6.07) is 12.7. The van der Waals surface area contributed by atoms with E-state index in [1.165, 1.54) is 12.5 Å². The Morgan fingerprint density at radius 2 is 1.91 bits per heavy atom. The lowest BCUT2D eigenvalue weighted by molar-refractivity contribution is 0.557. The van der Waals surface area contributed by atoms with Gasteiger partial charge in [-0.1, -0.05) is 0 Å². The standard InChI is InChI=1S/C26H23FN6O/c27-20-15-19(5-6-22(20)32-11-2-1-3-12-32)30-25-24-17(8-9-29-26(24)34)14-21(31-25)18-4-7-23-28-10-13-33(23)16-18/h4-10,13-16H,1-3,11-12H2,(H,29,34)(H,30,31). The first-order valence-electron chi connectivity index (χ1n) is 11.4. The molecule has 1 saturated heterocycles. The van der Waals surface area contributed by atoms with E-state index in [1.807, 2.05) is 47.1 Å². The molecule has 1 aromatic carbocycles. The van der Waals surface area contributed by atoms with Gasteiger partial charge in [0.15, 0.2) is 0 Å². The van der Waals surface area contributed by atoms with Gasteiger partial charge in [0.2, 0.25) is 0 Å². The fourth-order valence-corrected chi connectivity index (χ4v) is 4.64. The van der Waals surface area contributed by atoms with E-state index in [0.29, 0.717) is 28.3 Å². The van der Waals surface area contributed by atoms with E-state index in [4.69, 9.17) is 4.98 Å². The largest absolute Gasteiger partial charge is 0.369 e. The molecule has 34 heavy (non-hydrogen) atoms. The molecule has 0 aliphatic carbocycles. The van der Waals surface area contributed by atoms with Crippen LogP contribution in [0.15, 0.2) is 72.0 Å². The Kier molecular flexibility index (Phi) is 4.98. The second-order valence-corrected chi connectivity index (χ2v) is 8.58. The van der Waals surface area contributed by atoms with Gasteiger partial charge in [0.05, 0.1) is 16.8 Å². The van der Waals surface area contributed by atoms with Crippen LogP contribution in [0.25, 0.3) is 27.7 Å². The quantitative estimate of drug-likeness (QED) is 0.395. The molecule has 4 aromatic heterocycles. The molecule has 0 spiro atoms. The average molecular weight is 455 g/mol. The molecule has 7 nitrogen and oxygen atoms in total. The summed E-state index contributed by atoms with van der Waals surface area (Å²) in [5.74, 6) is 0.0945. The smallest absolute Gasteiger partial charge is 0.259 e. The number of H-pyrrole nitrogens is 1. The number of rotatable bonds is 4. The van der Waals surface area contributed by atoms with Gasteiger partial charge in [0.25, 0.3) is 5.56 Å². The molecule has 8 heteroatoms. The molecule has 2 N–H and O–H groups in total. The fourth-order valence-electron chi connectivity index (χ4n) is 4.64. The summed E-state index contributed by atoms with van der Waals surface area (Å²) >= 11 is 0. The van der Waals surface area contributed by atoms with Crippen LogP contribution in [0.2, 0.25) is 0 Å². The number of imidazole rings is 1. The summed E-state index contributed by atoms with van der Waals surface area (Å²) < 4.78 is 16.9. The van der Waals surface area contributed by atoms with Gasteiger partial charge in [0.1, 0.15) is 17.3 Å². The number of aromatic nitrogens is 4. The summed E-state index contributed by atoms with van der Waals surface area (Å²) in [6.07, 6.45) is 10.5. The van der Waals surface area contributed by atoms with Gasteiger partial charge in [-0.25, -0.2) is 14.4 Å². The number of piperidine rings is 1. The van der Waals surface area contributed by atoms with Crippen molar-refractivity contribution in [3.63, 3.8) is 0 Å².